The Morgan fingerprint density at radius 3 is 2.73 bits per heavy atom. The van der Waals surface area contributed by atoms with Gasteiger partial charge in [0, 0.05) is 32.2 Å². The smallest absolute Gasteiger partial charge is 0.416 e. The number of aliphatic carboxylic acids is 1. The van der Waals surface area contributed by atoms with Crippen molar-refractivity contribution in [3.63, 3.8) is 0 Å². The van der Waals surface area contributed by atoms with Gasteiger partial charge in [0.1, 0.15) is 5.75 Å². The van der Waals surface area contributed by atoms with Crippen LogP contribution in [0.15, 0.2) is 36.4 Å². The summed E-state index contributed by atoms with van der Waals surface area (Å²) < 4.78 is 44.9. The van der Waals surface area contributed by atoms with E-state index in [-0.39, 0.29) is 12.6 Å². The van der Waals surface area contributed by atoms with Crippen LogP contribution < -0.4 is 9.64 Å². The number of halogens is 3. The number of anilines is 1. The van der Waals surface area contributed by atoms with Gasteiger partial charge in [-0.3, -0.25) is 4.90 Å². The number of alkyl halides is 3. The molecule has 0 radical (unpaired) electrons. The highest BCUT2D eigenvalue weighted by atomic mass is 32.1. The molecule has 0 amide bonds. The maximum atomic E-state index is 13.0. The summed E-state index contributed by atoms with van der Waals surface area (Å²) in [6.45, 7) is 6.48. The van der Waals surface area contributed by atoms with Gasteiger partial charge in [-0.15, -0.1) is 0 Å². The minimum Gasteiger partial charge on any atom is -0.482 e. The SMILES string of the molecule is Cc1ccc(CN2CCN(c3nc4ccc(C(F)(F)F)cc4s3)CC2C)cc1OCC(=O)O. The summed E-state index contributed by atoms with van der Waals surface area (Å²) in [5.74, 6) is -0.456. The molecule has 6 nitrogen and oxygen atoms in total. The van der Waals surface area contributed by atoms with Gasteiger partial charge in [-0.2, -0.15) is 13.2 Å². The van der Waals surface area contributed by atoms with Crippen molar-refractivity contribution in [2.75, 3.05) is 31.1 Å². The van der Waals surface area contributed by atoms with Crippen LogP contribution in [-0.2, 0) is 17.5 Å². The molecule has 0 aliphatic carbocycles. The molecule has 10 heteroatoms. The van der Waals surface area contributed by atoms with Crippen LogP contribution in [0.5, 0.6) is 5.75 Å². The topological polar surface area (TPSA) is 65.9 Å². The standard InChI is InChI=1S/C23H24F3N3O3S/c1-14-3-4-16(9-19(14)32-13-21(30)31)12-28-7-8-29(11-15(28)2)22-27-18-6-5-17(23(24,25)26)10-20(18)33-22/h3-6,9-10,15H,7-8,11-13H2,1-2H3,(H,30,31). The Morgan fingerprint density at radius 2 is 2.03 bits per heavy atom. The Bertz CT molecular complexity index is 1160. The number of carboxylic acid groups (broad SMARTS) is 1. The number of carboxylic acids is 1. The maximum Gasteiger partial charge on any atom is 0.416 e. The van der Waals surface area contributed by atoms with Crippen LogP contribution in [0, 0.1) is 6.92 Å². The molecule has 1 aliphatic heterocycles. The lowest BCUT2D eigenvalue weighted by Gasteiger charge is -2.39. The van der Waals surface area contributed by atoms with Gasteiger partial charge in [0.2, 0.25) is 0 Å². The molecule has 1 aliphatic rings. The Balaban J connectivity index is 1.43. The number of carbonyl (C=O) groups is 1. The number of rotatable bonds is 6. The normalized spacial score (nSPS) is 17.5. The molecule has 1 aromatic heterocycles. The lowest BCUT2D eigenvalue weighted by atomic mass is 10.1. The number of fused-ring (bicyclic) bond motifs is 1. The number of nitrogens with zero attached hydrogens (tertiary/aromatic N) is 3. The van der Waals surface area contributed by atoms with E-state index >= 15 is 0 Å². The Morgan fingerprint density at radius 1 is 1.24 bits per heavy atom. The maximum absolute atomic E-state index is 13.0. The zero-order chi connectivity index (χ0) is 23.8. The van der Waals surface area contributed by atoms with Crippen molar-refractivity contribution in [2.24, 2.45) is 0 Å². The lowest BCUT2D eigenvalue weighted by molar-refractivity contribution is -0.139. The molecule has 3 aromatic rings. The number of benzene rings is 2. The second-order valence-corrected chi connectivity index (χ2v) is 9.23. The van der Waals surface area contributed by atoms with Crippen LogP contribution in [0.4, 0.5) is 18.3 Å². The van der Waals surface area contributed by atoms with Gasteiger partial charge < -0.3 is 14.7 Å². The summed E-state index contributed by atoms with van der Waals surface area (Å²) >= 11 is 1.28. The molecule has 2 heterocycles. The Labute approximate surface area is 193 Å². The first-order valence-corrected chi connectivity index (χ1v) is 11.3. The molecule has 0 bridgehead atoms. The van der Waals surface area contributed by atoms with E-state index in [0.29, 0.717) is 35.6 Å². The fourth-order valence-electron chi connectivity index (χ4n) is 3.90. The van der Waals surface area contributed by atoms with E-state index in [9.17, 15) is 18.0 Å². The number of aryl methyl sites for hydroxylation is 1. The van der Waals surface area contributed by atoms with Gasteiger partial charge in [-0.05, 0) is 49.2 Å². The first-order chi connectivity index (χ1) is 15.6. The largest absolute Gasteiger partial charge is 0.482 e. The summed E-state index contributed by atoms with van der Waals surface area (Å²) in [5, 5.41) is 9.58. The molecule has 4 rings (SSSR count). The van der Waals surface area contributed by atoms with E-state index in [0.717, 1.165) is 34.9 Å². The van der Waals surface area contributed by atoms with Gasteiger partial charge >= 0.3 is 12.1 Å². The molecule has 2 aromatic carbocycles. The van der Waals surface area contributed by atoms with Crippen LogP contribution in [0.25, 0.3) is 10.2 Å². The molecule has 1 unspecified atom stereocenters. The summed E-state index contributed by atoms with van der Waals surface area (Å²) in [5.41, 5.74) is 1.82. The summed E-state index contributed by atoms with van der Waals surface area (Å²) in [6.07, 6.45) is -4.37. The van der Waals surface area contributed by atoms with Gasteiger partial charge in [0.25, 0.3) is 0 Å². The molecule has 0 spiro atoms. The van der Waals surface area contributed by atoms with E-state index in [2.05, 4.69) is 21.7 Å². The minimum atomic E-state index is -4.37. The Hall–Kier alpha value is -2.85. The fraction of sp³-hybridized carbons (Fsp3) is 0.391. The monoisotopic (exact) mass is 479 g/mol. The molecule has 176 valence electrons. The first-order valence-electron chi connectivity index (χ1n) is 10.5. The summed E-state index contributed by atoms with van der Waals surface area (Å²) in [7, 11) is 0. The number of ether oxygens (including phenoxy) is 1. The molecule has 1 N–H and O–H groups in total. The predicted octanol–water partition coefficient (Wildman–Crippen LogP) is 4.80. The predicted molar refractivity (Wildman–Crippen MR) is 121 cm³/mol. The average molecular weight is 480 g/mol. The molecular weight excluding hydrogens is 455 g/mol. The number of piperazine rings is 1. The van der Waals surface area contributed by atoms with Gasteiger partial charge in [-0.25, -0.2) is 9.78 Å². The zero-order valence-electron chi connectivity index (χ0n) is 18.2. The van der Waals surface area contributed by atoms with Crippen molar-refractivity contribution in [3.8, 4) is 5.75 Å². The highest BCUT2D eigenvalue weighted by molar-refractivity contribution is 7.22. The van der Waals surface area contributed by atoms with Crippen molar-refractivity contribution >= 4 is 32.7 Å². The second kappa shape index (κ2) is 9.18. The number of aromatic nitrogens is 1. The third-order valence-corrected chi connectivity index (χ3v) is 6.81. The second-order valence-electron chi connectivity index (χ2n) is 8.22. The van der Waals surface area contributed by atoms with Crippen LogP contribution in [0.3, 0.4) is 0 Å². The third-order valence-electron chi connectivity index (χ3n) is 5.73. The van der Waals surface area contributed by atoms with Crippen LogP contribution in [-0.4, -0.2) is 53.2 Å². The molecule has 33 heavy (non-hydrogen) atoms. The highest BCUT2D eigenvalue weighted by Gasteiger charge is 2.31. The summed E-state index contributed by atoms with van der Waals surface area (Å²) in [4.78, 5) is 19.8. The molecule has 1 fully saturated rings. The highest BCUT2D eigenvalue weighted by Crippen LogP contribution is 2.36. The average Bonchev–Trinajstić information content (AvgIpc) is 3.18. The fourth-order valence-corrected chi connectivity index (χ4v) is 4.94. The quantitative estimate of drug-likeness (QED) is 0.548. The zero-order valence-corrected chi connectivity index (χ0v) is 19.0. The minimum absolute atomic E-state index is 0.196. The van der Waals surface area contributed by atoms with Gasteiger partial charge in [0.05, 0.1) is 15.8 Å². The van der Waals surface area contributed by atoms with Crippen LogP contribution in [0.1, 0.15) is 23.6 Å². The molecule has 0 saturated carbocycles. The number of thiazole rings is 1. The third kappa shape index (κ3) is 5.39. The number of hydrogen-bond donors (Lipinski definition) is 1. The van der Waals surface area contributed by atoms with Crippen molar-refractivity contribution in [1.29, 1.82) is 0 Å². The van der Waals surface area contributed by atoms with Crippen LogP contribution in [0.2, 0.25) is 0 Å². The van der Waals surface area contributed by atoms with E-state index in [4.69, 9.17) is 9.84 Å². The molecule has 1 saturated heterocycles. The first kappa shape index (κ1) is 23.3. The van der Waals surface area contributed by atoms with E-state index in [1.807, 2.05) is 25.1 Å². The summed E-state index contributed by atoms with van der Waals surface area (Å²) in [6, 6.07) is 9.67. The van der Waals surface area contributed by atoms with Crippen molar-refractivity contribution < 1.29 is 27.8 Å². The van der Waals surface area contributed by atoms with Crippen molar-refractivity contribution in [3.05, 3.63) is 53.1 Å². The van der Waals surface area contributed by atoms with Crippen molar-refractivity contribution in [2.45, 2.75) is 32.6 Å². The van der Waals surface area contributed by atoms with E-state index in [1.165, 1.54) is 17.4 Å². The van der Waals surface area contributed by atoms with E-state index in [1.54, 1.807) is 0 Å². The van der Waals surface area contributed by atoms with Gasteiger partial charge in [-0.1, -0.05) is 23.5 Å². The molecule has 1 atom stereocenters. The Kier molecular flexibility index (Phi) is 6.49. The van der Waals surface area contributed by atoms with Gasteiger partial charge in [0.15, 0.2) is 11.7 Å². The van der Waals surface area contributed by atoms with E-state index < -0.39 is 17.7 Å². The lowest BCUT2D eigenvalue weighted by Crippen LogP contribution is -2.51. The number of hydrogen-bond acceptors (Lipinski definition) is 6. The molecular formula is C23H24F3N3O3S. The van der Waals surface area contributed by atoms with Crippen LogP contribution >= 0.6 is 11.3 Å². The van der Waals surface area contributed by atoms with Crippen molar-refractivity contribution in [1.82, 2.24) is 9.88 Å².